The Morgan fingerprint density at radius 1 is 1.15 bits per heavy atom. The number of carbonyl (C=O) groups excluding carboxylic acids is 2. The number of hydrogen-bond acceptors (Lipinski definition) is 3. The van der Waals surface area contributed by atoms with Crippen molar-refractivity contribution in [2.75, 3.05) is 26.8 Å². The Kier molecular flexibility index (Phi) is 5.94. The quantitative estimate of drug-likeness (QED) is 0.577. The van der Waals surface area contributed by atoms with Crippen molar-refractivity contribution < 1.29 is 14.3 Å². The lowest BCUT2D eigenvalue weighted by Gasteiger charge is -2.50. The first-order valence-electron chi connectivity index (χ1n) is 11.9. The highest BCUT2D eigenvalue weighted by Gasteiger charge is 2.55. The molecule has 2 aliphatic rings. The number of nitrogens with one attached hydrogen (secondary N) is 2. The van der Waals surface area contributed by atoms with Crippen molar-refractivity contribution in [2.45, 2.75) is 43.6 Å². The lowest BCUT2D eigenvalue weighted by Crippen LogP contribution is -2.61. The summed E-state index contributed by atoms with van der Waals surface area (Å²) in [4.78, 5) is 32.5. The second-order valence-corrected chi connectivity index (χ2v) is 9.18. The molecular weight excluding hydrogens is 414 g/mol. The molecule has 5 rings (SSSR count). The first-order chi connectivity index (χ1) is 16.2. The van der Waals surface area contributed by atoms with E-state index in [4.69, 9.17) is 4.74 Å². The number of methoxy groups -OCH3 is 1. The number of ether oxygens (including phenoxy) is 1. The van der Waals surface area contributed by atoms with Crippen LogP contribution in [0.3, 0.4) is 0 Å². The maximum absolute atomic E-state index is 13.8. The van der Waals surface area contributed by atoms with Gasteiger partial charge in [0, 0.05) is 42.9 Å². The van der Waals surface area contributed by atoms with Gasteiger partial charge < -0.3 is 19.9 Å². The number of aromatic nitrogens is 1. The van der Waals surface area contributed by atoms with Gasteiger partial charge in [-0.2, -0.15) is 0 Å². The van der Waals surface area contributed by atoms with Crippen LogP contribution in [0.4, 0.5) is 0 Å². The number of nitrogens with zero attached hydrogens (tertiary/aromatic N) is 1. The van der Waals surface area contributed by atoms with Crippen molar-refractivity contribution in [3.05, 3.63) is 71.4 Å². The number of fused-ring (bicyclic) bond motifs is 2. The van der Waals surface area contributed by atoms with Crippen LogP contribution in [0.5, 0.6) is 0 Å². The van der Waals surface area contributed by atoms with E-state index < -0.39 is 5.54 Å². The third-order valence-electron chi connectivity index (χ3n) is 7.44. The minimum Gasteiger partial charge on any atom is -0.383 e. The van der Waals surface area contributed by atoms with E-state index in [0.29, 0.717) is 25.3 Å². The molecule has 1 unspecified atom stereocenters. The number of benzene rings is 2. The Bertz CT molecular complexity index is 1160. The predicted octanol–water partition coefficient (Wildman–Crippen LogP) is 4.03. The molecule has 1 aromatic heterocycles. The Morgan fingerprint density at radius 3 is 2.73 bits per heavy atom. The minimum atomic E-state index is -0.477. The van der Waals surface area contributed by atoms with E-state index in [1.807, 2.05) is 47.5 Å². The summed E-state index contributed by atoms with van der Waals surface area (Å²) in [5.74, 6) is -0.333. The maximum atomic E-state index is 13.8. The molecule has 3 aromatic rings. The van der Waals surface area contributed by atoms with Gasteiger partial charge in [0.2, 0.25) is 5.91 Å². The van der Waals surface area contributed by atoms with Gasteiger partial charge >= 0.3 is 0 Å². The second-order valence-electron chi connectivity index (χ2n) is 9.18. The van der Waals surface area contributed by atoms with Crippen LogP contribution in [0.1, 0.15) is 53.1 Å². The van der Waals surface area contributed by atoms with Gasteiger partial charge in [0.25, 0.3) is 5.91 Å². The van der Waals surface area contributed by atoms with Gasteiger partial charge in [-0.25, -0.2) is 0 Å². The Balaban J connectivity index is 1.42. The fourth-order valence-corrected chi connectivity index (χ4v) is 5.94. The molecule has 33 heavy (non-hydrogen) atoms. The summed E-state index contributed by atoms with van der Waals surface area (Å²) in [7, 11) is 1.65. The monoisotopic (exact) mass is 445 g/mol. The Morgan fingerprint density at radius 2 is 1.91 bits per heavy atom. The number of aromatic amines is 1. The van der Waals surface area contributed by atoms with E-state index in [1.165, 1.54) is 10.9 Å². The van der Waals surface area contributed by atoms with Crippen molar-refractivity contribution in [3.63, 3.8) is 0 Å². The molecule has 0 bridgehead atoms. The van der Waals surface area contributed by atoms with Gasteiger partial charge in [-0.1, -0.05) is 49.2 Å². The minimum absolute atomic E-state index is 0.0131. The van der Waals surface area contributed by atoms with E-state index in [-0.39, 0.29) is 17.7 Å². The molecule has 6 heteroatoms. The highest BCUT2D eigenvalue weighted by Crippen LogP contribution is 2.50. The molecule has 1 aliphatic heterocycles. The Hall–Kier alpha value is -3.12. The largest absolute Gasteiger partial charge is 0.383 e. The van der Waals surface area contributed by atoms with Crippen LogP contribution in [-0.4, -0.2) is 54.0 Å². The van der Waals surface area contributed by atoms with Crippen molar-refractivity contribution in [1.29, 1.82) is 0 Å². The average molecular weight is 446 g/mol. The first-order valence-corrected chi connectivity index (χ1v) is 11.9. The van der Waals surface area contributed by atoms with Crippen LogP contribution in [0.15, 0.2) is 54.7 Å². The van der Waals surface area contributed by atoms with E-state index in [9.17, 15) is 9.59 Å². The zero-order valence-corrected chi connectivity index (χ0v) is 19.1. The highest BCUT2D eigenvalue weighted by molar-refractivity contribution is 6.02. The van der Waals surface area contributed by atoms with Crippen LogP contribution >= 0.6 is 0 Å². The van der Waals surface area contributed by atoms with Crippen molar-refractivity contribution in [1.82, 2.24) is 15.2 Å². The summed E-state index contributed by atoms with van der Waals surface area (Å²) in [6, 6.07) is 15.8. The summed E-state index contributed by atoms with van der Waals surface area (Å²) in [5, 5.41) is 4.41. The molecule has 1 aliphatic carbocycles. The molecule has 172 valence electrons. The van der Waals surface area contributed by atoms with Gasteiger partial charge in [-0.3, -0.25) is 9.59 Å². The average Bonchev–Trinajstić information content (AvgIpc) is 3.47. The topological polar surface area (TPSA) is 74.4 Å². The third kappa shape index (κ3) is 3.72. The summed E-state index contributed by atoms with van der Waals surface area (Å²) in [5.41, 5.74) is 3.33. The van der Waals surface area contributed by atoms with Crippen LogP contribution in [0.2, 0.25) is 0 Å². The normalized spacial score (nSPS) is 19.2. The zero-order valence-electron chi connectivity index (χ0n) is 19.1. The summed E-state index contributed by atoms with van der Waals surface area (Å²) in [6.45, 7) is 1.52. The number of carbonyl (C=O) groups is 2. The standard InChI is InChI=1S/C27H31N3O3/c1-33-17-16-30-26(32)22-10-3-2-9-21(22)24(27(30)13-6-7-14-27)25(31)28-15-12-19-18-29-23-11-5-4-8-20(19)23/h2-5,8-11,18,24,29H,6-7,12-17H2,1H3,(H,28,31). The number of hydrogen-bond donors (Lipinski definition) is 2. The number of para-hydroxylation sites is 1. The van der Waals surface area contributed by atoms with Gasteiger partial charge in [-0.15, -0.1) is 0 Å². The van der Waals surface area contributed by atoms with E-state index >= 15 is 0 Å². The fourth-order valence-electron chi connectivity index (χ4n) is 5.94. The summed E-state index contributed by atoms with van der Waals surface area (Å²) in [6.07, 6.45) is 6.52. The zero-order chi connectivity index (χ0) is 22.8. The molecule has 0 saturated heterocycles. The SMILES string of the molecule is COCCN1C(=O)c2ccccc2C(C(=O)NCCc2c[nH]c3ccccc23)C12CCCC2. The molecule has 1 fully saturated rings. The van der Waals surface area contributed by atoms with Crippen LogP contribution in [-0.2, 0) is 16.0 Å². The molecule has 1 saturated carbocycles. The van der Waals surface area contributed by atoms with Gasteiger partial charge in [0.05, 0.1) is 18.1 Å². The number of rotatable bonds is 7. The molecule has 1 atom stereocenters. The van der Waals surface area contributed by atoms with E-state index in [1.54, 1.807) is 7.11 Å². The molecule has 1 spiro atoms. The van der Waals surface area contributed by atoms with Gasteiger partial charge in [0.15, 0.2) is 0 Å². The van der Waals surface area contributed by atoms with Gasteiger partial charge in [0.1, 0.15) is 0 Å². The summed E-state index contributed by atoms with van der Waals surface area (Å²) < 4.78 is 5.32. The molecule has 0 radical (unpaired) electrons. The van der Waals surface area contributed by atoms with Crippen molar-refractivity contribution in [2.24, 2.45) is 0 Å². The molecule has 2 amide bonds. The molecule has 2 N–H and O–H groups in total. The first kappa shape index (κ1) is 21.7. The lowest BCUT2D eigenvalue weighted by molar-refractivity contribution is -0.126. The highest BCUT2D eigenvalue weighted by atomic mass is 16.5. The Labute approximate surface area is 194 Å². The van der Waals surface area contributed by atoms with Crippen molar-refractivity contribution >= 4 is 22.7 Å². The molecular formula is C27H31N3O3. The fraction of sp³-hybridized carbons (Fsp3) is 0.407. The number of amides is 2. The van der Waals surface area contributed by atoms with Crippen molar-refractivity contribution in [3.8, 4) is 0 Å². The third-order valence-corrected chi connectivity index (χ3v) is 7.44. The van der Waals surface area contributed by atoms with E-state index in [2.05, 4.69) is 22.4 Å². The van der Waals surface area contributed by atoms with Crippen LogP contribution in [0, 0.1) is 0 Å². The molecule has 2 aromatic carbocycles. The maximum Gasteiger partial charge on any atom is 0.254 e. The number of H-pyrrole nitrogens is 1. The second kappa shape index (κ2) is 9.02. The van der Waals surface area contributed by atoms with E-state index in [0.717, 1.165) is 43.2 Å². The lowest BCUT2D eigenvalue weighted by atomic mass is 9.71. The molecule has 6 nitrogen and oxygen atoms in total. The predicted molar refractivity (Wildman–Crippen MR) is 128 cm³/mol. The molecule has 2 heterocycles. The van der Waals surface area contributed by atoms with Gasteiger partial charge in [-0.05, 0) is 42.5 Å². The summed E-state index contributed by atoms with van der Waals surface area (Å²) >= 11 is 0. The van der Waals surface area contributed by atoms with Crippen LogP contribution < -0.4 is 5.32 Å². The van der Waals surface area contributed by atoms with Crippen LogP contribution in [0.25, 0.3) is 10.9 Å². The smallest absolute Gasteiger partial charge is 0.254 e.